The Hall–Kier alpha value is -1.87. The number of esters is 3. The fourth-order valence-electron chi connectivity index (χ4n) is 2.00. The molecule has 0 saturated carbocycles. The lowest BCUT2D eigenvalue weighted by atomic mass is 9.99. The summed E-state index contributed by atoms with van der Waals surface area (Å²) < 4.78 is 20.4. The number of ether oxygens (including phenoxy) is 4. The minimum Gasteiger partial charge on any atom is -0.456 e. The van der Waals surface area contributed by atoms with Gasteiger partial charge in [0.15, 0.2) is 29.6 Å². The lowest BCUT2D eigenvalue weighted by molar-refractivity contribution is -0.216. The van der Waals surface area contributed by atoms with Gasteiger partial charge in [-0.15, -0.1) is 0 Å². The Morgan fingerprint density at radius 3 is 2.00 bits per heavy atom. The smallest absolute Gasteiger partial charge is 0.303 e. The van der Waals surface area contributed by atoms with Crippen LogP contribution in [0.15, 0.2) is 5.16 Å². The van der Waals surface area contributed by atoms with Gasteiger partial charge in [-0.25, -0.2) is 0 Å². The number of hydrogen-bond acceptors (Lipinski definition) is 9. The van der Waals surface area contributed by atoms with E-state index in [0.29, 0.717) is 0 Å². The van der Waals surface area contributed by atoms with Crippen LogP contribution in [0.5, 0.6) is 0 Å². The van der Waals surface area contributed by atoms with E-state index in [1.165, 1.54) is 6.92 Å². The molecule has 1 N–H and O–H groups in total. The molecule has 1 heterocycles. The van der Waals surface area contributed by atoms with Gasteiger partial charge in [-0.2, -0.15) is 0 Å². The van der Waals surface area contributed by atoms with Gasteiger partial charge in [0.05, 0.1) is 6.61 Å². The van der Waals surface area contributed by atoms with Gasteiger partial charge in [0, 0.05) is 20.8 Å². The second-order valence-corrected chi connectivity index (χ2v) is 4.86. The molecule has 0 aliphatic carbocycles. The van der Waals surface area contributed by atoms with E-state index in [0.717, 1.165) is 13.8 Å². The molecular weight excluding hydrogens is 322 g/mol. The second-order valence-electron chi connectivity index (χ2n) is 4.47. The van der Waals surface area contributed by atoms with Crippen molar-refractivity contribution in [2.24, 2.45) is 5.16 Å². The lowest BCUT2D eigenvalue weighted by Crippen LogP contribution is -2.58. The Morgan fingerprint density at radius 1 is 1.05 bits per heavy atom. The molecule has 10 heteroatoms. The van der Waals surface area contributed by atoms with E-state index in [9.17, 15) is 14.4 Å². The van der Waals surface area contributed by atoms with Crippen molar-refractivity contribution in [2.75, 3.05) is 6.61 Å². The molecular formula is C12H16ClNO8. The SMILES string of the molecule is CC(=O)O[C@@H]1[C@@H](OC(C)=O)[C@H](/C(Cl)=N\O)OC[C@H]1OC(C)=O. The van der Waals surface area contributed by atoms with Gasteiger partial charge < -0.3 is 24.2 Å². The molecule has 1 aliphatic heterocycles. The maximum absolute atomic E-state index is 11.3. The van der Waals surface area contributed by atoms with E-state index in [1.54, 1.807) is 0 Å². The fourth-order valence-corrected chi connectivity index (χ4v) is 2.19. The highest BCUT2D eigenvalue weighted by Crippen LogP contribution is 2.26. The molecule has 0 spiro atoms. The van der Waals surface area contributed by atoms with Crippen LogP contribution in [0.3, 0.4) is 0 Å². The molecule has 0 aromatic carbocycles. The summed E-state index contributed by atoms with van der Waals surface area (Å²) in [7, 11) is 0. The molecule has 0 amide bonds. The van der Waals surface area contributed by atoms with Crippen molar-refractivity contribution in [2.45, 2.75) is 45.2 Å². The molecule has 9 nitrogen and oxygen atoms in total. The predicted octanol–water partition coefficient (Wildman–Crippen LogP) is 0.207. The van der Waals surface area contributed by atoms with Crippen LogP contribution in [-0.2, 0) is 33.3 Å². The number of nitrogens with zero attached hydrogens (tertiary/aromatic N) is 1. The van der Waals surface area contributed by atoms with E-state index in [1.807, 2.05) is 0 Å². The quantitative estimate of drug-likeness (QED) is 0.254. The number of oxime groups is 1. The summed E-state index contributed by atoms with van der Waals surface area (Å²) in [5.74, 6) is -2.02. The fraction of sp³-hybridized carbons (Fsp3) is 0.667. The first-order valence-electron chi connectivity index (χ1n) is 6.27. The molecule has 1 rings (SSSR count). The number of hydrogen-bond donors (Lipinski definition) is 1. The van der Waals surface area contributed by atoms with Crippen LogP contribution in [0.1, 0.15) is 20.8 Å². The van der Waals surface area contributed by atoms with Crippen molar-refractivity contribution >= 4 is 34.7 Å². The van der Waals surface area contributed by atoms with Gasteiger partial charge in [0.2, 0.25) is 0 Å². The highest BCUT2D eigenvalue weighted by Gasteiger charge is 2.48. The second kappa shape index (κ2) is 7.95. The van der Waals surface area contributed by atoms with E-state index in [2.05, 4.69) is 5.16 Å². The number of carbonyl (C=O) groups excluding carboxylic acids is 3. The summed E-state index contributed by atoms with van der Waals surface area (Å²) >= 11 is 5.71. The molecule has 1 fully saturated rings. The monoisotopic (exact) mass is 337 g/mol. The summed E-state index contributed by atoms with van der Waals surface area (Å²) in [6.07, 6.45) is -4.54. The summed E-state index contributed by atoms with van der Waals surface area (Å²) in [4.78, 5) is 33.6. The van der Waals surface area contributed by atoms with Crippen molar-refractivity contribution in [3.05, 3.63) is 0 Å². The van der Waals surface area contributed by atoms with Crippen LogP contribution < -0.4 is 0 Å². The number of carbonyl (C=O) groups is 3. The highest BCUT2D eigenvalue weighted by molar-refractivity contribution is 6.66. The zero-order chi connectivity index (χ0) is 16.9. The van der Waals surface area contributed by atoms with Crippen LogP contribution in [0.4, 0.5) is 0 Å². The zero-order valence-corrected chi connectivity index (χ0v) is 12.9. The lowest BCUT2D eigenvalue weighted by Gasteiger charge is -2.39. The summed E-state index contributed by atoms with van der Waals surface area (Å²) in [5.41, 5.74) is 0. The largest absolute Gasteiger partial charge is 0.456 e. The maximum Gasteiger partial charge on any atom is 0.303 e. The molecule has 0 aromatic rings. The molecule has 0 bridgehead atoms. The minimum absolute atomic E-state index is 0.189. The first-order valence-corrected chi connectivity index (χ1v) is 6.64. The third-order valence-corrected chi connectivity index (χ3v) is 2.97. The average molecular weight is 338 g/mol. The molecule has 1 aliphatic rings. The molecule has 22 heavy (non-hydrogen) atoms. The van der Waals surface area contributed by atoms with Crippen LogP contribution in [0, 0.1) is 0 Å². The van der Waals surface area contributed by atoms with E-state index >= 15 is 0 Å². The van der Waals surface area contributed by atoms with Gasteiger partial charge in [-0.05, 0) is 0 Å². The van der Waals surface area contributed by atoms with Gasteiger partial charge in [-0.3, -0.25) is 14.4 Å². The van der Waals surface area contributed by atoms with E-state index in [-0.39, 0.29) is 6.61 Å². The number of rotatable bonds is 4. The Labute approximate surface area is 131 Å². The first kappa shape index (κ1) is 18.2. The Bertz CT molecular complexity index is 480. The Morgan fingerprint density at radius 2 is 1.55 bits per heavy atom. The van der Waals surface area contributed by atoms with Crippen molar-refractivity contribution in [1.82, 2.24) is 0 Å². The zero-order valence-electron chi connectivity index (χ0n) is 12.1. The molecule has 4 atom stereocenters. The molecule has 0 aromatic heterocycles. The summed E-state index contributed by atoms with van der Waals surface area (Å²) in [5, 5.41) is 11.1. The van der Waals surface area contributed by atoms with Crippen LogP contribution in [0.2, 0.25) is 0 Å². The maximum atomic E-state index is 11.3. The van der Waals surface area contributed by atoms with E-state index < -0.39 is 47.5 Å². The van der Waals surface area contributed by atoms with Crippen LogP contribution >= 0.6 is 11.6 Å². The molecule has 0 radical (unpaired) electrons. The van der Waals surface area contributed by atoms with E-state index in [4.69, 9.17) is 35.8 Å². The van der Waals surface area contributed by atoms with Crippen molar-refractivity contribution < 1.29 is 38.5 Å². The van der Waals surface area contributed by atoms with Crippen molar-refractivity contribution in [3.63, 3.8) is 0 Å². The predicted molar refractivity (Wildman–Crippen MR) is 71.5 cm³/mol. The highest BCUT2D eigenvalue weighted by atomic mass is 35.5. The molecule has 0 unspecified atom stereocenters. The third-order valence-electron chi connectivity index (χ3n) is 2.68. The summed E-state index contributed by atoms with van der Waals surface area (Å²) in [6, 6.07) is 0. The Balaban J connectivity index is 3.12. The molecule has 124 valence electrons. The first-order chi connectivity index (χ1) is 10.3. The van der Waals surface area contributed by atoms with Crippen molar-refractivity contribution in [3.8, 4) is 0 Å². The van der Waals surface area contributed by atoms with Gasteiger partial charge >= 0.3 is 17.9 Å². The minimum atomic E-state index is -1.23. The topological polar surface area (TPSA) is 121 Å². The van der Waals surface area contributed by atoms with Crippen LogP contribution in [0.25, 0.3) is 0 Å². The van der Waals surface area contributed by atoms with Crippen molar-refractivity contribution in [1.29, 1.82) is 0 Å². The standard InChI is InChI=1S/C12H16ClNO8/c1-5(15)20-8-4-19-11(12(13)14-18)10(22-7(3)17)9(8)21-6(2)16/h8-11,18H,4H2,1-3H3/b14-12+/t8-,9+,10-,11-/m1/s1. The van der Waals surface area contributed by atoms with Crippen LogP contribution in [-0.4, -0.2) is 59.3 Å². The van der Waals surface area contributed by atoms with Gasteiger partial charge in [0.25, 0.3) is 0 Å². The Kier molecular flexibility index (Phi) is 6.57. The van der Waals surface area contributed by atoms with Gasteiger partial charge in [-0.1, -0.05) is 16.8 Å². The summed E-state index contributed by atoms with van der Waals surface area (Å²) in [6.45, 7) is 3.24. The molecule has 1 saturated heterocycles. The normalized spacial score (nSPS) is 28.6. The average Bonchev–Trinajstić information content (AvgIpc) is 2.40. The third kappa shape index (κ3) is 4.85. The number of halogens is 1. The van der Waals surface area contributed by atoms with Gasteiger partial charge in [0.1, 0.15) is 0 Å².